The van der Waals surface area contributed by atoms with Gasteiger partial charge in [-0.25, -0.2) is 0 Å². The van der Waals surface area contributed by atoms with Gasteiger partial charge < -0.3 is 37.9 Å². The van der Waals surface area contributed by atoms with Gasteiger partial charge in [0.05, 0.1) is 36.2 Å². The Morgan fingerprint density at radius 1 is 0.692 bits per heavy atom. The van der Waals surface area contributed by atoms with Crippen molar-refractivity contribution in [1.82, 2.24) is 18.9 Å². The molecule has 0 atom stereocenters. The largest absolute Gasteiger partial charge is 0.493 e. The summed E-state index contributed by atoms with van der Waals surface area (Å²) in [4.78, 5) is 19.4. The molecule has 9 heteroatoms. The lowest BCUT2D eigenvalue weighted by Crippen LogP contribution is -2.29. The molecule has 0 spiro atoms. The van der Waals surface area contributed by atoms with Gasteiger partial charge in [0.15, 0.2) is 23.0 Å². The molecule has 39 heavy (non-hydrogen) atoms. The minimum absolute atomic E-state index is 0.0210. The zero-order valence-electron chi connectivity index (χ0n) is 22.8. The van der Waals surface area contributed by atoms with Gasteiger partial charge in [-0.05, 0) is 64.0 Å². The summed E-state index contributed by atoms with van der Waals surface area (Å²) in [6.45, 7) is 7.79. The van der Waals surface area contributed by atoms with Crippen molar-refractivity contribution in [3.05, 3.63) is 34.6 Å². The summed E-state index contributed by atoms with van der Waals surface area (Å²) in [7, 11) is 3.30. The van der Waals surface area contributed by atoms with Gasteiger partial charge in [0.25, 0.3) is 5.56 Å². The molecule has 9 nitrogen and oxygen atoms in total. The first-order valence-electron chi connectivity index (χ1n) is 14.1. The van der Waals surface area contributed by atoms with Crippen LogP contribution in [-0.4, -0.2) is 79.2 Å². The molecule has 2 saturated heterocycles. The van der Waals surface area contributed by atoms with E-state index in [1.807, 2.05) is 28.8 Å². The van der Waals surface area contributed by atoms with Gasteiger partial charge in [-0.15, -0.1) is 0 Å². The number of pyridine rings is 1. The number of rotatable bonds is 8. The molecular weight excluding hydrogens is 496 g/mol. The zero-order valence-corrected chi connectivity index (χ0v) is 22.8. The Morgan fingerprint density at radius 2 is 1.26 bits per heavy atom. The molecule has 3 aliphatic heterocycles. The predicted molar refractivity (Wildman–Crippen MR) is 152 cm³/mol. The van der Waals surface area contributed by atoms with Crippen LogP contribution in [0.3, 0.4) is 0 Å². The highest BCUT2D eigenvalue weighted by Gasteiger charge is 2.26. The maximum atomic E-state index is 14.5. The highest BCUT2D eigenvalue weighted by molar-refractivity contribution is 6.17. The first-order valence-corrected chi connectivity index (χ1v) is 14.1. The van der Waals surface area contributed by atoms with Crippen molar-refractivity contribution in [1.29, 1.82) is 0 Å². The maximum Gasteiger partial charge on any atom is 0.261 e. The van der Waals surface area contributed by atoms with Gasteiger partial charge in [-0.1, -0.05) is 0 Å². The molecule has 0 bridgehead atoms. The van der Waals surface area contributed by atoms with Crippen LogP contribution >= 0.6 is 0 Å². The van der Waals surface area contributed by atoms with E-state index in [4.69, 9.17) is 18.9 Å². The molecule has 2 aromatic heterocycles. The summed E-state index contributed by atoms with van der Waals surface area (Å²) in [6.07, 6.45) is 4.93. The quantitative estimate of drug-likeness (QED) is 0.339. The van der Waals surface area contributed by atoms with Crippen LogP contribution in [0.1, 0.15) is 25.7 Å². The van der Waals surface area contributed by atoms with Crippen molar-refractivity contribution in [3.8, 4) is 23.0 Å². The summed E-state index contributed by atoms with van der Waals surface area (Å²) < 4.78 is 27.2. The average Bonchev–Trinajstić information content (AvgIpc) is 3.77. The standard InChI is InChI=1S/C30H36N4O5/c1-36-24-16-21-23(17-25(24)37-2)34(14-12-32-9-5-6-10-32)30(35)28-20-15-26-27(39-19-38-26)18-22(20)33(29(21)28)13-11-31-7-3-4-8-31/h15-18H,3-14,19H2,1-2H3. The first kappa shape index (κ1) is 24.6. The second-order valence-corrected chi connectivity index (χ2v) is 10.9. The predicted octanol–water partition coefficient (Wildman–Crippen LogP) is 4.05. The van der Waals surface area contributed by atoms with Gasteiger partial charge in [0.1, 0.15) is 0 Å². The van der Waals surface area contributed by atoms with E-state index < -0.39 is 0 Å². The molecule has 7 rings (SSSR count). The number of benzene rings is 2. The number of ether oxygens (including phenoxy) is 4. The average molecular weight is 533 g/mol. The Morgan fingerprint density at radius 3 is 1.90 bits per heavy atom. The van der Waals surface area contributed by atoms with E-state index in [9.17, 15) is 4.79 Å². The second kappa shape index (κ2) is 9.95. The number of methoxy groups -OCH3 is 2. The molecule has 206 valence electrons. The van der Waals surface area contributed by atoms with Gasteiger partial charge in [0.2, 0.25) is 6.79 Å². The number of likely N-dealkylation sites (tertiary alicyclic amines) is 2. The number of nitrogens with zero attached hydrogens (tertiary/aromatic N) is 4. The van der Waals surface area contributed by atoms with E-state index in [1.54, 1.807) is 14.2 Å². The number of aromatic nitrogens is 2. The van der Waals surface area contributed by atoms with Crippen molar-refractivity contribution < 1.29 is 18.9 Å². The van der Waals surface area contributed by atoms with E-state index in [2.05, 4.69) is 14.4 Å². The van der Waals surface area contributed by atoms with E-state index in [0.717, 1.165) is 84.3 Å². The van der Waals surface area contributed by atoms with Gasteiger partial charge >= 0.3 is 0 Å². The monoisotopic (exact) mass is 532 g/mol. The lowest BCUT2D eigenvalue weighted by Gasteiger charge is -2.20. The van der Waals surface area contributed by atoms with E-state index in [0.29, 0.717) is 23.8 Å². The van der Waals surface area contributed by atoms with Crippen molar-refractivity contribution >= 4 is 32.7 Å². The third kappa shape index (κ3) is 4.10. The fourth-order valence-electron chi connectivity index (χ4n) is 6.71. The molecule has 0 radical (unpaired) electrons. The highest BCUT2D eigenvalue weighted by atomic mass is 16.7. The third-order valence-electron chi connectivity index (χ3n) is 8.74. The molecule has 2 fully saturated rings. The van der Waals surface area contributed by atoms with Crippen LogP contribution < -0.4 is 24.5 Å². The summed E-state index contributed by atoms with van der Waals surface area (Å²) in [5.41, 5.74) is 2.83. The molecule has 0 N–H and O–H groups in total. The molecule has 0 amide bonds. The highest BCUT2D eigenvalue weighted by Crippen LogP contribution is 2.42. The van der Waals surface area contributed by atoms with Crippen LogP contribution in [0.2, 0.25) is 0 Å². The lowest BCUT2D eigenvalue weighted by atomic mass is 10.1. The Kier molecular flexibility index (Phi) is 6.28. The maximum absolute atomic E-state index is 14.5. The summed E-state index contributed by atoms with van der Waals surface area (Å²) in [6, 6.07) is 8.04. The van der Waals surface area contributed by atoms with Crippen LogP contribution in [0.25, 0.3) is 32.7 Å². The fraction of sp³-hybridized carbons (Fsp3) is 0.500. The molecule has 4 aromatic rings. The van der Waals surface area contributed by atoms with Crippen LogP contribution in [0.15, 0.2) is 29.1 Å². The van der Waals surface area contributed by atoms with E-state index in [-0.39, 0.29) is 12.4 Å². The zero-order chi connectivity index (χ0) is 26.5. The van der Waals surface area contributed by atoms with Gasteiger partial charge in [-0.2, -0.15) is 0 Å². The Labute approximate surface area is 227 Å². The molecule has 0 saturated carbocycles. The molecule has 0 aliphatic carbocycles. The SMILES string of the molecule is COc1cc2c(cc1OC)n(CCN1CCCC1)c(=O)c1c3cc4c(cc3n(CCN3CCCC3)c21)OCO4. The normalized spacial score (nSPS) is 17.8. The van der Waals surface area contributed by atoms with Crippen molar-refractivity contribution in [3.63, 3.8) is 0 Å². The van der Waals surface area contributed by atoms with Crippen molar-refractivity contribution in [2.45, 2.75) is 38.8 Å². The topological polar surface area (TPSA) is 70.3 Å². The van der Waals surface area contributed by atoms with Crippen LogP contribution in [0, 0.1) is 0 Å². The lowest BCUT2D eigenvalue weighted by molar-refractivity contribution is 0.174. The third-order valence-corrected chi connectivity index (χ3v) is 8.74. The van der Waals surface area contributed by atoms with Gasteiger partial charge in [0, 0.05) is 49.1 Å². The van der Waals surface area contributed by atoms with E-state index in [1.165, 1.54) is 25.7 Å². The molecule has 5 heterocycles. The fourth-order valence-corrected chi connectivity index (χ4v) is 6.71. The van der Waals surface area contributed by atoms with Crippen LogP contribution in [-0.2, 0) is 13.1 Å². The minimum atomic E-state index is 0.0210. The first-order chi connectivity index (χ1) is 19.2. The van der Waals surface area contributed by atoms with E-state index >= 15 is 0 Å². The van der Waals surface area contributed by atoms with Crippen LogP contribution in [0.4, 0.5) is 0 Å². The minimum Gasteiger partial charge on any atom is -0.493 e. The Bertz CT molecular complexity index is 1610. The number of hydrogen-bond acceptors (Lipinski definition) is 7. The molecule has 3 aliphatic rings. The Hall–Kier alpha value is -3.43. The van der Waals surface area contributed by atoms with Crippen molar-refractivity contribution in [2.75, 3.05) is 60.3 Å². The smallest absolute Gasteiger partial charge is 0.261 e. The molecular formula is C30H36N4O5. The summed E-state index contributed by atoms with van der Waals surface area (Å²) in [5.74, 6) is 2.70. The molecule has 2 aromatic carbocycles. The summed E-state index contributed by atoms with van der Waals surface area (Å²) in [5, 5.41) is 2.63. The number of fused-ring (bicyclic) bond motifs is 6. The van der Waals surface area contributed by atoms with Gasteiger partial charge in [-0.3, -0.25) is 4.79 Å². The molecule has 0 unspecified atom stereocenters. The second-order valence-electron chi connectivity index (χ2n) is 10.9. The van der Waals surface area contributed by atoms with Crippen LogP contribution in [0.5, 0.6) is 23.0 Å². The van der Waals surface area contributed by atoms with Crippen molar-refractivity contribution in [2.24, 2.45) is 0 Å². The Balaban J connectivity index is 1.51. The number of hydrogen-bond donors (Lipinski definition) is 0. The summed E-state index contributed by atoms with van der Waals surface area (Å²) >= 11 is 0.